The van der Waals surface area contributed by atoms with Gasteiger partial charge in [-0.15, -0.1) is 0 Å². The minimum Gasteiger partial charge on any atom is -0.311 e. The quantitative estimate of drug-likeness (QED) is 0.713. The summed E-state index contributed by atoms with van der Waals surface area (Å²) < 4.78 is 1.20. The molecule has 1 aromatic carbocycles. The Morgan fingerprint density at radius 2 is 2.21 bits per heavy atom. The molecule has 0 saturated heterocycles. The monoisotopic (exact) mass is 341 g/mol. The average molecular weight is 342 g/mol. The lowest BCUT2D eigenvalue weighted by atomic mass is 9.75. The third-order valence-electron chi connectivity index (χ3n) is 3.88. The van der Waals surface area contributed by atoms with Crippen molar-refractivity contribution in [2.24, 2.45) is 0 Å². The van der Waals surface area contributed by atoms with Gasteiger partial charge in [0.05, 0.1) is 0 Å². The van der Waals surface area contributed by atoms with Crippen molar-refractivity contribution >= 4 is 27.7 Å². The van der Waals surface area contributed by atoms with Crippen molar-refractivity contribution < 1.29 is 0 Å². The first-order valence-electron chi connectivity index (χ1n) is 7.28. The summed E-state index contributed by atoms with van der Waals surface area (Å²) in [6.07, 6.45) is 3.87. The third kappa shape index (κ3) is 4.80. The SMILES string of the molecule is CCSCCC(C)NC1CC(c2cccc(Br)c2)C1. The Kier molecular flexibility index (Phi) is 6.24. The molecule has 1 aliphatic rings. The van der Waals surface area contributed by atoms with Crippen LogP contribution >= 0.6 is 27.7 Å². The number of hydrogen-bond donors (Lipinski definition) is 1. The first-order valence-corrected chi connectivity index (χ1v) is 9.23. The van der Waals surface area contributed by atoms with E-state index < -0.39 is 0 Å². The van der Waals surface area contributed by atoms with Crippen LogP contribution in [0.4, 0.5) is 0 Å². The number of rotatable bonds is 7. The highest BCUT2D eigenvalue weighted by molar-refractivity contribution is 9.10. The van der Waals surface area contributed by atoms with Crippen LogP contribution in [0.2, 0.25) is 0 Å². The van der Waals surface area contributed by atoms with Crippen LogP contribution in [0.1, 0.15) is 44.6 Å². The van der Waals surface area contributed by atoms with Gasteiger partial charge >= 0.3 is 0 Å². The average Bonchev–Trinajstić information content (AvgIpc) is 2.33. The first-order chi connectivity index (χ1) is 9.19. The lowest BCUT2D eigenvalue weighted by molar-refractivity contribution is 0.268. The van der Waals surface area contributed by atoms with Crippen LogP contribution in [0.25, 0.3) is 0 Å². The Labute approximate surface area is 130 Å². The summed E-state index contributed by atoms with van der Waals surface area (Å²) in [5.41, 5.74) is 1.49. The molecular weight excluding hydrogens is 318 g/mol. The van der Waals surface area contributed by atoms with Gasteiger partial charge in [0.25, 0.3) is 0 Å². The van der Waals surface area contributed by atoms with Crippen LogP contribution in [0.3, 0.4) is 0 Å². The lowest BCUT2D eigenvalue weighted by Crippen LogP contribution is -2.44. The largest absolute Gasteiger partial charge is 0.311 e. The Balaban J connectivity index is 1.68. The van der Waals surface area contributed by atoms with Gasteiger partial charge in [0.1, 0.15) is 0 Å². The van der Waals surface area contributed by atoms with Crippen molar-refractivity contribution in [3.63, 3.8) is 0 Å². The molecule has 1 fully saturated rings. The van der Waals surface area contributed by atoms with Gasteiger partial charge in [-0.2, -0.15) is 11.8 Å². The molecule has 0 aliphatic heterocycles. The smallest absolute Gasteiger partial charge is 0.0178 e. The highest BCUT2D eigenvalue weighted by Gasteiger charge is 2.30. The summed E-state index contributed by atoms with van der Waals surface area (Å²) in [5.74, 6) is 3.28. The second kappa shape index (κ2) is 7.70. The van der Waals surface area contributed by atoms with Gasteiger partial charge in [-0.3, -0.25) is 0 Å². The van der Waals surface area contributed by atoms with E-state index in [-0.39, 0.29) is 0 Å². The number of halogens is 1. The van der Waals surface area contributed by atoms with Gasteiger partial charge < -0.3 is 5.32 Å². The molecule has 0 bridgehead atoms. The maximum Gasteiger partial charge on any atom is 0.0178 e. The lowest BCUT2D eigenvalue weighted by Gasteiger charge is -2.38. The van der Waals surface area contributed by atoms with E-state index in [1.54, 1.807) is 0 Å². The van der Waals surface area contributed by atoms with Gasteiger partial charge in [0.15, 0.2) is 0 Å². The summed E-state index contributed by atoms with van der Waals surface area (Å²) in [7, 11) is 0. The van der Waals surface area contributed by atoms with Crippen LogP contribution < -0.4 is 5.32 Å². The Morgan fingerprint density at radius 1 is 1.42 bits per heavy atom. The van der Waals surface area contributed by atoms with Crippen molar-refractivity contribution in [2.45, 2.75) is 51.1 Å². The minimum absolute atomic E-state index is 0.660. The number of benzene rings is 1. The zero-order valence-electron chi connectivity index (χ0n) is 11.9. The fraction of sp³-hybridized carbons (Fsp3) is 0.625. The Morgan fingerprint density at radius 3 is 2.89 bits per heavy atom. The zero-order valence-corrected chi connectivity index (χ0v) is 14.3. The molecule has 0 radical (unpaired) electrons. The summed E-state index contributed by atoms with van der Waals surface area (Å²) in [6, 6.07) is 10.2. The molecule has 1 aromatic rings. The molecule has 1 saturated carbocycles. The molecule has 1 unspecified atom stereocenters. The third-order valence-corrected chi connectivity index (χ3v) is 5.30. The molecular formula is C16H24BrNS. The number of nitrogens with one attached hydrogen (secondary N) is 1. The van der Waals surface area contributed by atoms with Crippen LogP contribution in [0, 0.1) is 0 Å². The molecule has 0 spiro atoms. The predicted molar refractivity (Wildman–Crippen MR) is 90.1 cm³/mol. The highest BCUT2D eigenvalue weighted by Crippen LogP contribution is 2.37. The van der Waals surface area contributed by atoms with Gasteiger partial charge in [0.2, 0.25) is 0 Å². The van der Waals surface area contributed by atoms with Gasteiger partial charge in [-0.1, -0.05) is 35.0 Å². The number of hydrogen-bond acceptors (Lipinski definition) is 2. The zero-order chi connectivity index (χ0) is 13.7. The van der Waals surface area contributed by atoms with Crippen molar-refractivity contribution in [3.05, 3.63) is 34.3 Å². The molecule has 0 amide bonds. The molecule has 1 nitrogen and oxygen atoms in total. The summed E-state index contributed by atoms with van der Waals surface area (Å²) >= 11 is 5.60. The normalized spacial score (nSPS) is 23.9. The molecule has 2 rings (SSSR count). The highest BCUT2D eigenvalue weighted by atomic mass is 79.9. The van der Waals surface area contributed by atoms with Crippen LogP contribution in [0.15, 0.2) is 28.7 Å². The summed E-state index contributed by atoms with van der Waals surface area (Å²) in [4.78, 5) is 0. The molecule has 1 aliphatic carbocycles. The van der Waals surface area contributed by atoms with E-state index >= 15 is 0 Å². The maximum absolute atomic E-state index is 3.76. The standard InChI is InChI=1S/C16H24BrNS/c1-3-19-8-7-12(2)18-16-10-14(11-16)13-5-4-6-15(17)9-13/h4-6,9,12,14,16,18H,3,7-8,10-11H2,1-2H3. The predicted octanol–water partition coefficient (Wildman–Crippen LogP) is 4.82. The fourth-order valence-corrected chi connectivity index (χ4v) is 3.90. The molecule has 106 valence electrons. The van der Waals surface area contributed by atoms with E-state index in [9.17, 15) is 0 Å². The van der Waals surface area contributed by atoms with E-state index in [1.807, 2.05) is 11.8 Å². The van der Waals surface area contributed by atoms with Crippen molar-refractivity contribution in [1.29, 1.82) is 0 Å². The van der Waals surface area contributed by atoms with E-state index in [0.717, 1.165) is 12.0 Å². The van der Waals surface area contributed by atoms with E-state index in [1.165, 1.54) is 40.8 Å². The van der Waals surface area contributed by atoms with E-state index in [0.29, 0.717) is 6.04 Å². The van der Waals surface area contributed by atoms with Gasteiger partial charge in [-0.05, 0) is 61.3 Å². The van der Waals surface area contributed by atoms with E-state index in [2.05, 4.69) is 59.4 Å². The van der Waals surface area contributed by atoms with Crippen LogP contribution in [-0.4, -0.2) is 23.6 Å². The van der Waals surface area contributed by atoms with Crippen molar-refractivity contribution in [2.75, 3.05) is 11.5 Å². The Bertz CT molecular complexity index is 390. The van der Waals surface area contributed by atoms with E-state index in [4.69, 9.17) is 0 Å². The second-order valence-corrected chi connectivity index (χ2v) is 7.78. The first kappa shape index (κ1) is 15.4. The summed E-state index contributed by atoms with van der Waals surface area (Å²) in [6.45, 7) is 4.56. The number of thioether (sulfide) groups is 1. The van der Waals surface area contributed by atoms with Gasteiger partial charge in [0, 0.05) is 16.6 Å². The molecule has 0 aromatic heterocycles. The van der Waals surface area contributed by atoms with Crippen LogP contribution in [-0.2, 0) is 0 Å². The van der Waals surface area contributed by atoms with Crippen molar-refractivity contribution in [1.82, 2.24) is 5.32 Å². The molecule has 3 heteroatoms. The summed E-state index contributed by atoms with van der Waals surface area (Å²) in [5, 5.41) is 3.76. The van der Waals surface area contributed by atoms with Crippen LogP contribution in [0.5, 0.6) is 0 Å². The Hall–Kier alpha value is 0.01000. The molecule has 1 N–H and O–H groups in total. The van der Waals surface area contributed by atoms with Crippen molar-refractivity contribution in [3.8, 4) is 0 Å². The van der Waals surface area contributed by atoms with Gasteiger partial charge in [-0.25, -0.2) is 0 Å². The molecule has 0 heterocycles. The fourth-order valence-electron chi connectivity index (χ4n) is 2.68. The second-order valence-electron chi connectivity index (χ2n) is 5.47. The molecule has 1 atom stereocenters. The maximum atomic E-state index is 3.76. The molecule has 19 heavy (non-hydrogen) atoms. The topological polar surface area (TPSA) is 12.0 Å². The minimum atomic E-state index is 0.660.